The summed E-state index contributed by atoms with van der Waals surface area (Å²) in [7, 11) is 0. The van der Waals surface area contributed by atoms with E-state index in [9.17, 15) is 4.39 Å². The number of nitrogens with one attached hydrogen (secondary N) is 2. The van der Waals surface area contributed by atoms with Crippen molar-refractivity contribution in [2.24, 2.45) is 0 Å². The molecule has 2 heterocycles. The number of aromatic nitrogens is 3. The summed E-state index contributed by atoms with van der Waals surface area (Å²) >= 11 is 0. The Balaban J connectivity index is 1.37. The molecule has 4 rings (SSSR count). The molecule has 0 spiro atoms. The van der Waals surface area contributed by atoms with Crippen molar-refractivity contribution in [2.75, 3.05) is 17.4 Å². The fraction of sp³-hybridized carbons (Fsp3) is 0.167. The van der Waals surface area contributed by atoms with Crippen LogP contribution in [0.4, 0.5) is 16.2 Å². The van der Waals surface area contributed by atoms with Crippen molar-refractivity contribution >= 4 is 11.8 Å². The Morgan fingerprint density at radius 1 is 1.00 bits per heavy atom. The lowest BCUT2D eigenvalue weighted by Crippen LogP contribution is -2.08. The first-order chi connectivity index (χ1) is 12.8. The van der Waals surface area contributed by atoms with Gasteiger partial charge in [-0.3, -0.25) is 0 Å². The highest BCUT2D eigenvalue weighted by molar-refractivity contribution is 5.46. The maximum atomic E-state index is 13.6. The largest absolute Gasteiger partial charge is 0.454 e. The van der Waals surface area contributed by atoms with E-state index in [1.54, 1.807) is 18.2 Å². The Morgan fingerprint density at radius 2 is 1.88 bits per heavy atom. The second kappa shape index (κ2) is 7.22. The standard InChI is InChI=1S/C18H16FN5O2/c19-14-4-2-1-3-13(14)9-21-18-23-17(10-22-24-18)20-8-12-5-6-15-16(7-12)26-11-25-15/h1-7,10H,8-9,11H2,(H2,20,21,23,24). The van der Waals surface area contributed by atoms with Crippen LogP contribution in [0.2, 0.25) is 0 Å². The lowest BCUT2D eigenvalue weighted by atomic mass is 10.2. The van der Waals surface area contributed by atoms with Crippen molar-refractivity contribution in [3.63, 3.8) is 0 Å². The number of hydrogen-bond acceptors (Lipinski definition) is 7. The SMILES string of the molecule is Fc1ccccc1CNc1nncc(NCc2ccc3c(c2)OCO3)n1. The minimum absolute atomic E-state index is 0.249. The van der Waals surface area contributed by atoms with Gasteiger partial charge in [-0.05, 0) is 23.8 Å². The Bertz CT molecular complexity index is 922. The summed E-state index contributed by atoms with van der Waals surface area (Å²) < 4.78 is 24.3. The molecule has 1 aromatic heterocycles. The van der Waals surface area contributed by atoms with E-state index in [1.807, 2.05) is 18.2 Å². The van der Waals surface area contributed by atoms with E-state index < -0.39 is 0 Å². The summed E-state index contributed by atoms with van der Waals surface area (Å²) in [6.45, 7) is 1.07. The second-order valence-electron chi connectivity index (χ2n) is 5.65. The van der Waals surface area contributed by atoms with Gasteiger partial charge < -0.3 is 20.1 Å². The molecule has 3 aromatic rings. The van der Waals surface area contributed by atoms with Crippen LogP contribution in [0.5, 0.6) is 11.5 Å². The summed E-state index contributed by atoms with van der Waals surface area (Å²) in [6.07, 6.45) is 1.53. The van der Waals surface area contributed by atoms with Crippen molar-refractivity contribution in [1.82, 2.24) is 15.2 Å². The van der Waals surface area contributed by atoms with Crippen LogP contribution in [0.25, 0.3) is 0 Å². The summed E-state index contributed by atoms with van der Waals surface area (Å²) in [5.41, 5.74) is 1.56. The molecule has 0 atom stereocenters. The number of hydrogen-bond donors (Lipinski definition) is 2. The molecule has 2 aromatic carbocycles. The first-order valence-electron chi connectivity index (χ1n) is 8.07. The first-order valence-corrected chi connectivity index (χ1v) is 8.07. The highest BCUT2D eigenvalue weighted by Crippen LogP contribution is 2.32. The molecule has 1 aliphatic rings. The number of halogens is 1. The molecule has 0 amide bonds. The molecule has 0 radical (unpaired) electrons. The fourth-order valence-corrected chi connectivity index (χ4v) is 2.52. The van der Waals surface area contributed by atoms with Crippen molar-refractivity contribution in [3.8, 4) is 11.5 Å². The summed E-state index contributed by atoms with van der Waals surface area (Å²) in [5, 5.41) is 14.0. The number of benzene rings is 2. The van der Waals surface area contributed by atoms with E-state index in [4.69, 9.17) is 9.47 Å². The van der Waals surface area contributed by atoms with Crippen LogP contribution >= 0.6 is 0 Å². The highest BCUT2D eigenvalue weighted by Gasteiger charge is 2.13. The van der Waals surface area contributed by atoms with Gasteiger partial charge in [0.25, 0.3) is 0 Å². The molecule has 0 bridgehead atoms. The molecule has 7 nitrogen and oxygen atoms in total. The Hall–Kier alpha value is -3.42. The average Bonchev–Trinajstić information content (AvgIpc) is 3.14. The van der Waals surface area contributed by atoms with E-state index in [0.717, 1.165) is 17.1 Å². The smallest absolute Gasteiger partial charge is 0.244 e. The quantitative estimate of drug-likeness (QED) is 0.705. The van der Waals surface area contributed by atoms with Crippen LogP contribution in [0, 0.1) is 5.82 Å². The van der Waals surface area contributed by atoms with Crippen LogP contribution in [0.3, 0.4) is 0 Å². The van der Waals surface area contributed by atoms with Crippen LogP contribution < -0.4 is 20.1 Å². The Kier molecular flexibility index (Phi) is 4.46. The maximum absolute atomic E-state index is 13.6. The van der Waals surface area contributed by atoms with E-state index in [2.05, 4.69) is 25.8 Å². The lowest BCUT2D eigenvalue weighted by molar-refractivity contribution is 0.174. The van der Waals surface area contributed by atoms with E-state index in [0.29, 0.717) is 23.9 Å². The third kappa shape index (κ3) is 3.64. The first kappa shape index (κ1) is 16.1. The summed E-state index contributed by atoms with van der Waals surface area (Å²) in [4.78, 5) is 4.33. The van der Waals surface area contributed by atoms with Gasteiger partial charge in [0.15, 0.2) is 17.3 Å². The molecule has 0 unspecified atom stereocenters. The zero-order valence-electron chi connectivity index (χ0n) is 13.8. The van der Waals surface area contributed by atoms with Crippen LogP contribution in [0.1, 0.15) is 11.1 Å². The van der Waals surface area contributed by atoms with Gasteiger partial charge in [-0.2, -0.15) is 10.1 Å². The normalized spacial score (nSPS) is 12.0. The zero-order valence-corrected chi connectivity index (χ0v) is 13.8. The third-order valence-electron chi connectivity index (χ3n) is 3.86. The Morgan fingerprint density at radius 3 is 2.81 bits per heavy atom. The van der Waals surface area contributed by atoms with Gasteiger partial charge in [0.1, 0.15) is 5.82 Å². The molecule has 0 fully saturated rings. The molecule has 1 aliphatic heterocycles. The molecule has 0 saturated heterocycles. The molecule has 2 N–H and O–H groups in total. The summed E-state index contributed by atoms with van der Waals surface area (Å²) in [5.74, 6) is 2.09. The monoisotopic (exact) mass is 353 g/mol. The second-order valence-corrected chi connectivity index (χ2v) is 5.65. The van der Waals surface area contributed by atoms with Crippen LogP contribution in [-0.2, 0) is 13.1 Å². The van der Waals surface area contributed by atoms with Gasteiger partial charge in [-0.25, -0.2) is 4.39 Å². The summed E-state index contributed by atoms with van der Waals surface area (Å²) in [6, 6.07) is 12.3. The minimum Gasteiger partial charge on any atom is -0.454 e. The molecule has 0 saturated carbocycles. The van der Waals surface area contributed by atoms with E-state index in [-0.39, 0.29) is 19.2 Å². The van der Waals surface area contributed by atoms with Gasteiger partial charge in [0.05, 0.1) is 6.20 Å². The predicted molar refractivity (Wildman–Crippen MR) is 93.4 cm³/mol. The van der Waals surface area contributed by atoms with Gasteiger partial charge >= 0.3 is 0 Å². The van der Waals surface area contributed by atoms with Gasteiger partial charge in [-0.15, -0.1) is 5.10 Å². The van der Waals surface area contributed by atoms with Crippen molar-refractivity contribution in [2.45, 2.75) is 13.1 Å². The minimum atomic E-state index is -0.273. The van der Waals surface area contributed by atoms with E-state index >= 15 is 0 Å². The maximum Gasteiger partial charge on any atom is 0.244 e. The number of anilines is 2. The lowest BCUT2D eigenvalue weighted by Gasteiger charge is -2.08. The molecule has 132 valence electrons. The van der Waals surface area contributed by atoms with E-state index in [1.165, 1.54) is 12.3 Å². The van der Waals surface area contributed by atoms with Crippen LogP contribution in [0.15, 0.2) is 48.7 Å². The van der Waals surface area contributed by atoms with Gasteiger partial charge in [0.2, 0.25) is 12.7 Å². The molecular weight excluding hydrogens is 337 g/mol. The number of fused-ring (bicyclic) bond motifs is 1. The Labute approximate surface area is 149 Å². The topological polar surface area (TPSA) is 81.2 Å². The van der Waals surface area contributed by atoms with Crippen molar-refractivity contribution < 1.29 is 13.9 Å². The number of ether oxygens (including phenoxy) is 2. The predicted octanol–water partition coefficient (Wildman–Crippen LogP) is 2.96. The molecule has 8 heteroatoms. The zero-order chi connectivity index (χ0) is 17.8. The van der Waals surface area contributed by atoms with Gasteiger partial charge in [0, 0.05) is 18.7 Å². The fourth-order valence-electron chi connectivity index (χ4n) is 2.52. The van der Waals surface area contributed by atoms with Gasteiger partial charge in [-0.1, -0.05) is 24.3 Å². The van der Waals surface area contributed by atoms with Crippen LogP contribution in [-0.4, -0.2) is 22.0 Å². The molecule has 0 aliphatic carbocycles. The van der Waals surface area contributed by atoms with Crippen molar-refractivity contribution in [3.05, 3.63) is 65.6 Å². The number of rotatable bonds is 6. The van der Waals surface area contributed by atoms with Crippen molar-refractivity contribution in [1.29, 1.82) is 0 Å². The highest BCUT2D eigenvalue weighted by atomic mass is 19.1. The number of nitrogens with zero attached hydrogens (tertiary/aromatic N) is 3. The molecular formula is C18H16FN5O2. The average molecular weight is 353 g/mol. The molecule has 26 heavy (non-hydrogen) atoms. The third-order valence-corrected chi connectivity index (χ3v) is 3.86.